The fraction of sp³-hybridized carbons (Fsp3) is 0.467. The van der Waals surface area contributed by atoms with Gasteiger partial charge >= 0.3 is 12.1 Å². The topological polar surface area (TPSA) is 64.6 Å². The number of carbonyl (C=O) groups is 2. The van der Waals surface area contributed by atoms with E-state index in [0.717, 1.165) is 9.13 Å². The maximum absolute atomic E-state index is 11.8. The zero-order chi connectivity index (χ0) is 16.0. The average molecular weight is 405 g/mol. The minimum absolute atomic E-state index is 0.350. The SMILES string of the molecule is COC(=O)C(Cc1cccc(I)c1)NC(=O)OC(C)(C)C. The summed E-state index contributed by atoms with van der Waals surface area (Å²) in [5, 5.41) is 2.55. The zero-order valence-corrected chi connectivity index (χ0v) is 14.8. The van der Waals surface area contributed by atoms with Crippen LogP contribution in [0, 0.1) is 3.57 Å². The van der Waals surface area contributed by atoms with E-state index < -0.39 is 23.7 Å². The van der Waals surface area contributed by atoms with E-state index in [-0.39, 0.29) is 0 Å². The number of nitrogens with one attached hydrogen (secondary N) is 1. The first-order valence-corrected chi connectivity index (χ1v) is 7.61. The van der Waals surface area contributed by atoms with Crippen LogP contribution >= 0.6 is 22.6 Å². The molecule has 0 radical (unpaired) electrons. The van der Waals surface area contributed by atoms with Crippen LogP contribution in [-0.2, 0) is 20.7 Å². The Hall–Kier alpha value is -1.31. The molecule has 0 aliphatic rings. The second-order valence-electron chi connectivity index (χ2n) is 5.56. The summed E-state index contributed by atoms with van der Waals surface area (Å²) in [6, 6.07) is 6.93. The number of amides is 1. The second-order valence-corrected chi connectivity index (χ2v) is 6.80. The molecule has 1 atom stereocenters. The zero-order valence-electron chi connectivity index (χ0n) is 12.6. The quantitative estimate of drug-likeness (QED) is 0.618. The van der Waals surface area contributed by atoms with Crippen LogP contribution in [0.2, 0.25) is 0 Å². The largest absolute Gasteiger partial charge is 0.467 e. The fourth-order valence-corrected chi connectivity index (χ4v) is 2.29. The Kier molecular flexibility index (Phi) is 6.44. The van der Waals surface area contributed by atoms with Gasteiger partial charge in [-0.1, -0.05) is 12.1 Å². The summed E-state index contributed by atoms with van der Waals surface area (Å²) in [5.41, 5.74) is 0.320. The lowest BCUT2D eigenvalue weighted by Crippen LogP contribution is -2.45. The van der Waals surface area contributed by atoms with Gasteiger partial charge in [-0.05, 0) is 61.1 Å². The summed E-state index contributed by atoms with van der Waals surface area (Å²) in [4.78, 5) is 23.6. The highest BCUT2D eigenvalue weighted by Gasteiger charge is 2.25. The molecule has 0 spiro atoms. The van der Waals surface area contributed by atoms with E-state index in [1.54, 1.807) is 20.8 Å². The molecule has 0 heterocycles. The molecule has 0 saturated carbocycles. The monoisotopic (exact) mass is 405 g/mol. The first-order valence-electron chi connectivity index (χ1n) is 6.53. The van der Waals surface area contributed by atoms with Crippen molar-refractivity contribution in [2.24, 2.45) is 0 Å². The molecule has 1 unspecified atom stereocenters. The number of methoxy groups -OCH3 is 1. The van der Waals surface area contributed by atoms with Gasteiger partial charge in [0.1, 0.15) is 11.6 Å². The molecular formula is C15H20INO4. The normalized spacial score (nSPS) is 12.4. The molecule has 5 nitrogen and oxygen atoms in total. The smallest absolute Gasteiger partial charge is 0.408 e. The number of carbonyl (C=O) groups excluding carboxylic acids is 2. The third-order valence-corrected chi connectivity index (χ3v) is 3.18. The molecule has 0 aliphatic carbocycles. The van der Waals surface area contributed by atoms with Crippen molar-refractivity contribution in [3.63, 3.8) is 0 Å². The van der Waals surface area contributed by atoms with E-state index in [1.807, 2.05) is 24.3 Å². The summed E-state index contributed by atoms with van der Waals surface area (Å²) in [6.45, 7) is 5.29. The van der Waals surface area contributed by atoms with Crippen LogP contribution in [0.1, 0.15) is 26.3 Å². The van der Waals surface area contributed by atoms with Crippen molar-refractivity contribution in [2.75, 3.05) is 7.11 Å². The van der Waals surface area contributed by atoms with Crippen molar-refractivity contribution in [1.82, 2.24) is 5.32 Å². The lowest BCUT2D eigenvalue weighted by Gasteiger charge is -2.22. The number of ether oxygens (including phenoxy) is 2. The standard InChI is InChI=1S/C15H20INO4/c1-15(2,3)21-14(19)17-12(13(18)20-4)9-10-6-5-7-11(16)8-10/h5-8,12H,9H2,1-4H3,(H,17,19). The predicted molar refractivity (Wildman–Crippen MR) is 88.0 cm³/mol. The minimum Gasteiger partial charge on any atom is -0.467 e. The molecular weight excluding hydrogens is 385 g/mol. The van der Waals surface area contributed by atoms with E-state index in [1.165, 1.54) is 7.11 Å². The Labute approximate surface area is 138 Å². The van der Waals surface area contributed by atoms with Crippen molar-refractivity contribution >= 4 is 34.7 Å². The Morgan fingerprint density at radius 3 is 2.52 bits per heavy atom. The second kappa shape index (κ2) is 7.63. The Morgan fingerprint density at radius 2 is 2.00 bits per heavy atom. The highest BCUT2D eigenvalue weighted by molar-refractivity contribution is 14.1. The first-order chi connectivity index (χ1) is 9.71. The molecule has 0 aromatic heterocycles. The van der Waals surface area contributed by atoms with Crippen molar-refractivity contribution in [3.05, 3.63) is 33.4 Å². The van der Waals surface area contributed by atoms with Gasteiger partial charge in [0.05, 0.1) is 7.11 Å². The van der Waals surface area contributed by atoms with Gasteiger partial charge in [0.2, 0.25) is 0 Å². The molecule has 1 rings (SSSR count). The summed E-state index contributed by atoms with van der Waals surface area (Å²) >= 11 is 2.19. The van der Waals surface area contributed by atoms with Gasteiger partial charge in [-0.3, -0.25) is 0 Å². The summed E-state index contributed by atoms with van der Waals surface area (Å²) in [6.07, 6.45) is -0.286. The number of esters is 1. The Bertz CT molecular complexity index is 511. The van der Waals surface area contributed by atoms with Gasteiger partial charge in [0.25, 0.3) is 0 Å². The van der Waals surface area contributed by atoms with Crippen molar-refractivity contribution in [3.8, 4) is 0 Å². The molecule has 0 saturated heterocycles. The van der Waals surface area contributed by atoms with E-state index >= 15 is 0 Å². The van der Waals surface area contributed by atoms with Crippen LogP contribution in [-0.4, -0.2) is 30.8 Å². The van der Waals surface area contributed by atoms with E-state index in [4.69, 9.17) is 9.47 Å². The highest BCUT2D eigenvalue weighted by atomic mass is 127. The molecule has 6 heteroatoms. The molecule has 21 heavy (non-hydrogen) atoms. The molecule has 1 N–H and O–H groups in total. The number of rotatable bonds is 4. The maximum atomic E-state index is 11.8. The van der Waals surface area contributed by atoms with Gasteiger partial charge in [-0.15, -0.1) is 0 Å². The number of benzene rings is 1. The molecule has 1 amide bonds. The average Bonchev–Trinajstić information content (AvgIpc) is 2.34. The van der Waals surface area contributed by atoms with E-state index in [0.29, 0.717) is 6.42 Å². The Balaban J connectivity index is 2.77. The fourth-order valence-electron chi connectivity index (χ4n) is 1.69. The van der Waals surface area contributed by atoms with Crippen LogP contribution in [0.25, 0.3) is 0 Å². The summed E-state index contributed by atoms with van der Waals surface area (Å²) in [7, 11) is 1.29. The van der Waals surface area contributed by atoms with E-state index in [2.05, 4.69) is 27.9 Å². The highest BCUT2D eigenvalue weighted by Crippen LogP contribution is 2.12. The molecule has 0 aliphatic heterocycles. The van der Waals surface area contributed by atoms with Gasteiger partial charge < -0.3 is 14.8 Å². The number of alkyl carbamates (subject to hydrolysis) is 1. The van der Waals surface area contributed by atoms with Crippen molar-refractivity contribution < 1.29 is 19.1 Å². The van der Waals surface area contributed by atoms with Crippen molar-refractivity contribution in [2.45, 2.75) is 38.8 Å². The third kappa shape index (κ3) is 6.79. The summed E-state index contributed by atoms with van der Waals surface area (Å²) in [5.74, 6) is -0.500. The lowest BCUT2D eigenvalue weighted by atomic mass is 10.1. The van der Waals surface area contributed by atoms with Crippen LogP contribution in [0.15, 0.2) is 24.3 Å². The molecule has 1 aromatic rings. The van der Waals surface area contributed by atoms with Gasteiger partial charge in [0.15, 0.2) is 0 Å². The third-order valence-electron chi connectivity index (χ3n) is 2.51. The number of halogens is 1. The Morgan fingerprint density at radius 1 is 1.33 bits per heavy atom. The maximum Gasteiger partial charge on any atom is 0.408 e. The number of hydrogen-bond donors (Lipinski definition) is 1. The summed E-state index contributed by atoms with van der Waals surface area (Å²) < 4.78 is 11.0. The van der Waals surface area contributed by atoms with Gasteiger partial charge in [-0.25, -0.2) is 9.59 Å². The van der Waals surface area contributed by atoms with Crippen LogP contribution in [0.5, 0.6) is 0 Å². The van der Waals surface area contributed by atoms with Gasteiger partial charge in [0, 0.05) is 9.99 Å². The first kappa shape index (κ1) is 17.7. The molecule has 116 valence electrons. The van der Waals surface area contributed by atoms with Crippen LogP contribution in [0.4, 0.5) is 4.79 Å². The lowest BCUT2D eigenvalue weighted by molar-refractivity contribution is -0.143. The van der Waals surface area contributed by atoms with Crippen molar-refractivity contribution in [1.29, 1.82) is 0 Å². The molecule has 0 bridgehead atoms. The van der Waals surface area contributed by atoms with Crippen LogP contribution in [0.3, 0.4) is 0 Å². The number of hydrogen-bond acceptors (Lipinski definition) is 4. The molecule has 1 aromatic carbocycles. The molecule has 0 fully saturated rings. The predicted octanol–water partition coefficient (Wildman–Crippen LogP) is 2.90. The van der Waals surface area contributed by atoms with Gasteiger partial charge in [-0.2, -0.15) is 0 Å². The van der Waals surface area contributed by atoms with Crippen LogP contribution < -0.4 is 5.32 Å². The van der Waals surface area contributed by atoms with E-state index in [9.17, 15) is 9.59 Å². The minimum atomic E-state index is -0.775.